The molecule has 0 radical (unpaired) electrons. The highest BCUT2D eigenvalue weighted by Crippen LogP contribution is 2.56. The third-order valence-electron chi connectivity index (χ3n) is 11.2. The lowest BCUT2D eigenvalue weighted by Crippen LogP contribution is -2.28. The molecule has 10 rings (SSSR count). The van der Waals surface area contributed by atoms with Crippen LogP contribution in [-0.2, 0) is 5.41 Å². The van der Waals surface area contributed by atoms with E-state index >= 15 is 0 Å². The lowest BCUT2D eigenvalue weighted by atomic mass is 9.67. The Bertz CT molecular complexity index is 2680. The van der Waals surface area contributed by atoms with E-state index in [2.05, 4.69) is 229 Å². The molecule has 0 amide bonds. The van der Waals surface area contributed by atoms with Crippen molar-refractivity contribution in [2.45, 2.75) is 5.41 Å². The highest BCUT2D eigenvalue weighted by molar-refractivity contribution is 5.89. The number of anilines is 3. The Morgan fingerprint density at radius 3 is 1.28 bits per heavy atom. The second-order valence-corrected chi connectivity index (χ2v) is 14.1. The van der Waals surface area contributed by atoms with E-state index < -0.39 is 5.41 Å². The van der Waals surface area contributed by atoms with E-state index in [1.807, 2.05) is 0 Å². The fourth-order valence-corrected chi connectivity index (χ4v) is 8.62. The van der Waals surface area contributed by atoms with E-state index in [9.17, 15) is 0 Å². The highest BCUT2D eigenvalue weighted by Gasteiger charge is 2.45. The minimum absolute atomic E-state index is 0.392. The number of hydrogen-bond donors (Lipinski definition) is 0. The van der Waals surface area contributed by atoms with Crippen molar-refractivity contribution in [1.29, 1.82) is 0 Å². The topological polar surface area (TPSA) is 3.24 Å². The van der Waals surface area contributed by atoms with Crippen molar-refractivity contribution < 1.29 is 0 Å². The van der Waals surface area contributed by atoms with Crippen molar-refractivity contribution in [2.24, 2.45) is 0 Å². The van der Waals surface area contributed by atoms with Gasteiger partial charge < -0.3 is 4.90 Å². The first-order valence-corrected chi connectivity index (χ1v) is 18.7. The minimum Gasteiger partial charge on any atom is -0.311 e. The van der Waals surface area contributed by atoms with Gasteiger partial charge in [-0.1, -0.05) is 182 Å². The van der Waals surface area contributed by atoms with E-state index in [-0.39, 0.29) is 0 Å². The first-order chi connectivity index (χ1) is 26.8. The zero-order valence-electron chi connectivity index (χ0n) is 29.8. The summed E-state index contributed by atoms with van der Waals surface area (Å²) in [5, 5.41) is 2.51. The summed E-state index contributed by atoms with van der Waals surface area (Å²) in [4.78, 5) is 2.33. The molecule has 1 aliphatic carbocycles. The lowest BCUT2D eigenvalue weighted by Gasteiger charge is -2.34. The molecule has 9 aromatic rings. The van der Waals surface area contributed by atoms with Crippen LogP contribution >= 0.6 is 0 Å². The minimum atomic E-state index is -0.392. The summed E-state index contributed by atoms with van der Waals surface area (Å²) in [6.07, 6.45) is 0. The van der Waals surface area contributed by atoms with E-state index in [0.717, 1.165) is 17.1 Å². The van der Waals surface area contributed by atoms with Gasteiger partial charge in [0, 0.05) is 17.1 Å². The SMILES string of the molecule is c1ccc(N(c2ccc(-c3ccc(C4(c5ccccc5)c5ccccc5-c5ccccc54)cc3)cc2)c2ccc(-c3ccc4ccccc4c3)cc2)cc1. The summed E-state index contributed by atoms with van der Waals surface area (Å²) in [7, 11) is 0. The van der Waals surface area contributed by atoms with Gasteiger partial charge in [-0.25, -0.2) is 0 Å². The fourth-order valence-electron chi connectivity index (χ4n) is 8.62. The highest BCUT2D eigenvalue weighted by atomic mass is 15.1. The number of rotatable bonds is 7. The van der Waals surface area contributed by atoms with Crippen LogP contribution in [0.5, 0.6) is 0 Å². The molecule has 9 aromatic carbocycles. The molecule has 54 heavy (non-hydrogen) atoms. The molecule has 0 spiro atoms. The van der Waals surface area contributed by atoms with Crippen molar-refractivity contribution in [3.05, 3.63) is 247 Å². The summed E-state index contributed by atoms with van der Waals surface area (Å²) in [5.41, 5.74) is 15.6. The van der Waals surface area contributed by atoms with E-state index in [4.69, 9.17) is 0 Å². The molecule has 0 aliphatic heterocycles. The molecule has 1 heteroatoms. The Hall–Kier alpha value is -6.96. The number of nitrogens with zero attached hydrogens (tertiary/aromatic N) is 1. The fraction of sp³-hybridized carbons (Fsp3) is 0.0189. The average Bonchev–Trinajstić information content (AvgIpc) is 3.56. The predicted molar refractivity (Wildman–Crippen MR) is 227 cm³/mol. The van der Waals surface area contributed by atoms with Gasteiger partial charge in [-0.3, -0.25) is 0 Å². The molecular weight excluding hydrogens is 651 g/mol. The third-order valence-corrected chi connectivity index (χ3v) is 11.2. The van der Waals surface area contributed by atoms with Gasteiger partial charge in [0.1, 0.15) is 0 Å². The Labute approximate surface area is 317 Å². The molecule has 254 valence electrons. The van der Waals surface area contributed by atoms with Gasteiger partial charge in [0.2, 0.25) is 0 Å². The maximum Gasteiger partial charge on any atom is 0.0713 e. The Morgan fingerprint density at radius 2 is 0.685 bits per heavy atom. The van der Waals surface area contributed by atoms with Crippen molar-refractivity contribution >= 4 is 27.8 Å². The second-order valence-electron chi connectivity index (χ2n) is 14.1. The lowest BCUT2D eigenvalue weighted by molar-refractivity contribution is 0.768. The van der Waals surface area contributed by atoms with Crippen LogP contribution in [0.2, 0.25) is 0 Å². The van der Waals surface area contributed by atoms with Gasteiger partial charge in [0.25, 0.3) is 0 Å². The maximum atomic E-state index is 2.34. The van der Waals surface area contributed by atoms with Crippen molar-refractivity contribution in [3.63, 3.8) is 0 Å². The van der Waals surface area contributed by atoms with Crippen LogP contribution in [0.1, 0.15) is 22.3 Å². The zero-order valence-corrected chi connectivity index (χ0v) is 29.8. The normalized spacial score (nSPS) is 12.6. The van der Waals surface area contributed by atoms with Gasteiger partial charge in [0.05, 0.1) is 5.41 Å². The van der Waals surface area contributed by atoms with Crippen molar-refractivity contribution in [2.75, 3.05) is 4.90 Å². The van der Waals surface area contributed by atoms with Crippen LogP contribution in [0.15, 0.2) is 224 Å². The molecule has 0 unspecified atom stereocenters. The van der Waals surface area contributed by atoms with Gasteiger partial charge in [-0.2, -0.15) is 0 Å². The number of hydrogen-bond acceptors (Lipinski definition) is 1. The van der Waals surface area contributed by atoms with Gasteiger partial charge in [0.15, 0.2) is 0 Å². The standard InChI is InChI=1S/C53H37N/c1-3-15-44(16-4-1)53(51-21-11-9-19-49(51)50-20-10-12-22-52(50)53)45-31-25-39(26-32-45)40-27-33-47(34-28-40)54(46-17-5-2-6-18-46)48-35-29-41(30-36-48)43-24-23-38-13-7-8-14-42(38)37-43/h1-37H. The predicted octanol–water partition coefficient (Wildman–Crippen LogP) is 14.0. The molecular formula is C53H37N. The summed E-state index contributed by atoms with van der Waals surface area (Å²) in [6.45, 7) is 0. The third kappa shape index (κ3) is 5.25. The van der Waals surface area contributed by atoms with Crippen molar-refractivity contribution in [1.82, 2.24) is 0 Å². The van der Waals surface area contributed by atoms with Gasteiger partial charge >= 0.3 is 0 Å². The molecule has 1 nitrogen and oxygen atoms in total. The van der Waals surface area contributed by atoms with Crippen LogP contribution in [0.3, 0.4) is 0 Å². The maximum absolute atomic E-state index is 2.34. The summed E-state index contributed by atoms with van der Waals surface area (Å²) >= 11 is 0. The van der Waals surface area contributed by atoms with Crippen LogP contribution in [0.4, 0.5) is 17.1 Å². The summed E-state index contributed by atoms with van der Waals surface area (Å²) < 4.78 is 0. The smallest absolute Gasteiger partial charge is 0.0713 e. The Morgan fingerprint density at radius 1 is 0.278 bits per heavy atom. The second kappa shape index (κ2) is 13.2. The quantitative estimate of drug-likeness (QED) is 0.161. The summed E-state index contributed by atoms with van der Waals surface area (Å²) in [5.74, 6) is 0. The summed E-state index contributed by atoms with van der Waals surface area (Å²) in [6, 6.07) is 81.8. The van der Waals surface area contributed by atoms with E-state index in [1.165, 1.54) is 66.4 Å². The average molecular weight is 688 g/mol. The number of fused-ring (bicyclic) bond motifs is 4. The van der Waals surface area contributed by atoms with E-state index in [0.29, 0.717) is 0 Å². The monoisotopic (exact) mass is 687 g/mol. The van der Waals surface area contributed by atoms with Crippen LogP contribution in [0.25, 0.3) is 44.2 Å². The molecule has 0 aromatic heterocycles. The Kier molecular flexibility index (Phi) is 7.78. The van der Waals surface area contributed by atoms with Crippen LogP contribution in [-0.4, -0.2) is 0 Å². The first kappa shape index (κ1) is 31.7. The Balaban J connectivity index is 0.996. The molecule has 1 aliphatic rings. The van der Waals surface area contributed by atoms with E-state index in [1.54, 1.807) is 0 Å². The van der Waals surface area contributed by atoms with Gasteiger partial charge in [-0.15, -0.1) is 0 Å². The molecule has 0 N–H and O–H groups in total. The molecule has 0 heterocycles. The van der Waals surface area contributed by atoms with Crippen LogP contribution < -0.4 is 4.90 Å². The zero-order chi connectivity index (χ0) is 35.9. The molecule has 0 bridgehead atoms. The number of benzene rings is 9. The van der Waals surface area contributed by atoms with Crippen molar-refractivity contribution in [3.8, 4) is 33.4 Å². The molecule has 0 fully saturated rings. The molecule has 0 saturated carbocycles. The molecule has 0 atom stereocenters. The molecule has 0 saturated heterocycles. The largest absolute Gasteiger partial charge is 0.311 e. The number of para-hydroxylation sites is 1. The van der Waals surface area contributed by atoms with Crippen LogP contribution in [0, 0.1) is 0 Å². The van der Waals surface area contributed by atoms with Gasteiger partial charge in [-0.05, 0) is 109 Å². The first-order valence-electron chi connectivity index (χ1n) is 18.7.